The molecule has 8 heteroatoms. The normalized spacial score (nSPS) is 17.3. The molecule has 7 nitrogen and oxygen atoms in total. The summed E-state index contributed by atoms with van der Waals surface area (Å²) in [5, 5.41) is 11.6. The Morgan fingerprint density at radius 1 is 1.30 bits per heavy atom. The highest BCUT2D eigenvalue weighted by Gasteiger charge is 2.27. The Balaban J connectivity index is 1.77. The zero-order chi connectivity index (χ0) is 16.4. The first-order valence-electron chi connectivity index (χ1n) is 7.19. The predicted molar refractivity (Wildman–Crippen MR) is 87.9 cm³/mol. The molecule has 0 bridgehead atoms. The molecular formula is C15H17N3O4S. The van der Waals surface area contributed by atoms with Crippen LogP contribution in [0.5, 0.6) is 11.5 Å². The number of methoxy groups -OCH3 is 2. The van der Waals surface area contributed by atoms with Gasteiger partial charge in [0.2, 0.25) is 0 Å². The van der Waals surface area contributed by atoms with Crippen molar-refractivity contribution >= 4 is 21.5 Å². The van der Waals surface area contributed by atoms with Gasteiger partial charge >= 0.3 is 5.00 Å². The van der Waals surface area contributed by atoms with Crippen LogP contribution in [0.1, 0.15) is 17.9 Å². The van der Waals surface area contributed by atoms with Crippen LogP contribution < -0.4 is 14.4 Å². The van der Waals surface area contributed by atoms with Crippen LogP contribution in [0.3, 0.4) is 0 Å². The second-order valence-corrected chi connectivity index (χ2v) is 6.30. The Morgan fingerprint density at radius 3 is 2.57 bits per heavy atom. The van der Waals surface area contributed by atoms with Crippen molar-refractivity contribution in [1.29, 1.82) is 0 Å². The average Bonchev–Trinajstić information content (AvgIpc) is 3.23. The molecule has 0 aliphatic carbocycles. The van der Waals surface area contributed by atoms with Gasteiger partial charge in [-0.25, -0.2) is 4.98 Å². The number of thiazole rings is 1. The van der Waals surface area contributed by atoms with E-state index in [9.17, 15) is 10.1 Å². The van der Waals surface area contributed by atoms with Gasteiger partial charge in [0.15, 0.2) is 5.13 Å². The smallest absolute Gasteiger partial charge is 0.345 e. The van der Waals surface area contributed by atoms with Gasteiger partial charge in [-0.2, -0.15) is 0 Å². The average molecular weight is 335 g/mol. The van der Waals surface area contributed by atoms with Crippen LogP contribution in [0.4, 0.5) is 10.1 Å². The number of aromatic nitrogens is 1. The van der Waals surface area contributed by atoms with E-state index in [0.29, 0.717) is 11.0 Å². The molecular weight excluding hydrogens is 318 g/mol. The molecule has 2 heterocycles. The fourth-order valence-corrected chi connectivity index (χ4v) is 3.53. The highest BCUT2D eigenvalue weighted by Crippen LogP contribution is 2.37. The summed E-state index contributed by atoms with van der Waals surface area (Å²) in [6.07, 6.45) is 2.28. The van der Waals surface area contributed by atoms with E-state index < -0.39 is 4.92 Å². The molecule has 3 rings (SSSR count). The summed E-state index contributed by atoms with van der Waals surface area (Å²) >= 11 is 1.12. The maximum atomic E-state index is 10.8. The van der Waals surface area contributed by atoms with E-state index in [2.05, 4.69) is 9.88 Å². The van der Waals surface area contributed by atoms with E-state index in [1.807, 2.05) is 18.2 Å². The minimum Gasteiger partial charge on any atom is -0.497 e. The van der Waals surface area contributed by atoms with Crippen molar-refractivity contribution in [1.82, 2.24) is 4.98 Å². The second kappa shape index (κ2) is 6.41. The van der Waals surface area contributed by atoms with Crippen LogP contribution in [-0.2, 0) is 0 Å². The van der Waals surface area contributed by atoms with Crippen molar-refractivity contribution in [3.05, 3.63) is 40.1 Å². The highest BCUT2D eigenvalue weighted by molar-refractivity contribution is 7.18. The van der Waals surface area contributed by atoms with Crippen LogP contribution in [0.15, 0.2) is 24.4 Å². The fraction of sp³-hybridized carbons (Fsp3) is 0.400. The second-order valence-electron chi connectivity index (χ2n) is 5.32. The summed E-state index contributed by atoms with van der Waals surface area (Å²) in [6, 6.07) is 5.88. The number of nitrogens with zero attached hydrogens (tertiary/aromatic N) is 3. The molecule has 1 aliphatic rings. The third kappa shape index (κ3) is 3.21. The Bertz CT molecular complexity index is 696. The van der Waals surface area contributed by atoms with E-state index in [1.165, 1.54) is 6.20 Å². The van der Waals surface area contributed by atoms with Gasteiger partial charge < -0.3 is 14.4 Å². The topological polar surface area (TPSA) is 77.7 Å². The first-order chi connectivity index (χ1) is 11.1. The number of hydrogen-bond acceptors (Lipinski definition) is 7. The van der Waals surface area contributed by atoms with Crippen LogP contribution in [0, 0.1) is 10.1 Å². The maximum Gasteiger partial charge on any atom is 0.345 e. The molecule has 1 aromatic heterocycles. The molecule has 23 heavy (non-hydrogen) atoms. The summed E-state index contributed by atoms with van der Waals surface area (Å²) in [6.45, 7) is 1.61. The lowest BCUT2D eigenvalue weighted by atomic mass is 9.98. The lowest BCUT2D eigenvalue weighted by Gasteiger charge is -2.16. The molecule has 0 radical (unpaired) electrons. The molecule has 1 saturated heterocycles. The van der Waals surface area contributed by atoms with Gasteiger partial charge in [-0.05, 0) is 35.5 Å². The Labute approximate surface area is 137 Å². The quantitative estimate of drug-likeness (QED) is 0.617. The summed E-state index contributed by atoms with van der Waals surface area (Å²) in [5.74, 6) is 1.85. The van der Waals surface area contributed by atoms with Crippen LogP contribution in [0.2, 0.25) is 0 Å². The zero-order valence-corrected chi connectivity index (χ0v) is 13.7. The lowest BCUT2D eigenvalue weighted by molar-refractivity contribution is -0.380. The van der Waals surface area contributed by atoms with Crippen molar-refractivity contribution in [2.45, 2.75) is 12.3 Å². The predicted octanol–water partition coefficient (Wildman–Crippen LogP) is 3.06. The van der Waals surface area contributed by atoms with Crippen molar-refractivity contribution < 1.29 is 14.4 Å². The molecule has 122 valence electrons. The molecule has 0 saturated carbocycles. The first kappa shape index (κ1) is 15.5. The van der Waals surface area contributed by atoms with Crippen LogP contribution in [0.25, 0.3) is 0 Å². The van der Waals surface area contributed by atoms with E-state index in [4.69, 9.17) is 9.47 Å². The van der Waals surface area contributed by atoms with E-state index in [1.54, 1.807) is 14.2 Å². The minimum atomic E-state index is -0.401. The molecule has 1 aromatic carbocycles. The molecule has 0 amide bonds. The van der Waals surface area contributed by atoms with E-state index in [0.717, 1.165) is 47.9 Å². The van der Waals surface area contributed by atoms with Crippen LogP contribution >= 0.6 is 11.3 Å². The van der Waals surface area contributed by atoms with Gasteiger partial charge in [0, 0.05) is 25.1 Å². The molecule has 1 aliphatic heterocycles. The van der Waals surface area contributed by atoms with Crippen molar-refractivity contribution in [2.75, 3.05) is 32.2 Å². The first-order valence-corrected chi connectivity index (χ1v) is 8.00. The summed E-state index contributed by atoms with van der Waals surface area (Å²) in [7, 11) is 3.27. The molecule has 1 fully saturated rings. The minimum absolute atomic E-state index is 0.0755. The number of anilines is 1. The van der Waals surface area contributed by atoms with E-state index in [-0.39, 0.29) is 5.00 Å². The number of ether oxygens (including phenoxy) is 2. The Kier molecular flexibility index (Phi) is 4.33. The fourth-order valence-electron chi connectivity index (χ4n) is 2.76. The number of benzene rings is 1. The van der Waals surface area contributed by atoms with Gasteiger partial charge in [0.25, 0.3) is 0 Å². The SMILES string of the molecule is COc1cc(OC)cc([C@@H]2CCN(c3ncc([N+](=O)[O-])s3)C2)c1. The van der Waals surface area contributed by atoms with Crippen molar-refractivity contribution in [2.24, 2.45) is 0 Å². The van der Waals surface area contributed by atoms with Gasteiger partial charge in [0.05, 0.1) is 19.1 Å². The van der Waals surface area contributed by atoms with Crippen LogP contribution in [-0.4, -0.2) is 37.2 Å². The number of nitro groups is 1. The zero-order valence-electron chi connectivity index (χ0n) is 12.9. The summed E-state index contributed by atoms with van der Waals surface area (Å²) < 4.78 is 10.6. The van der Waals surface area contributed by atoms with Crippen molar-refractivity contribution in [3.8, 4) is 11.5 Å². The largest absolute Gasteiger partial charge is 0.497 e. The summed E-state index contributed by atoms with van der Waals surface area (Å²) in [4.78, 5) is 16.6. The maximum absolute atomic E-state index is 10.8. The van der Waals surface area contributed by atoms with Crippen molar-refractivity contribution in [3.63, 3.8) is 0 Å². The molecule has 0 N–H and O–H groups in total. The van der Waals surface area contributed by atoms with Gasteiger partial charge in [-0.15, -0.1) is 0 Å². The highest BCUT2D eigenvalue weighted by atomic mass is 32.1. The molecule has 0 spiro atoms. The monoisotopic (exact) mass is 335 g/mol. The number of hydrogen-bond donors (Lipinski definition) is 0. The van der Waals surface area contributed by atoms with Gasteiger partial charge in [-0.1, -0.05) is 0 Å². The van der Waals surface area contributed by atoms with Gasteiger partial charge in [0.1, 0.15) is 17.7 Å². The Hall–Kier alpha value is -2.35. The lowest BCUT2D eigenvalue weighted by Crippen LogP contribution is -2.18. The molecule has 1 atom stereocenters. The summed E-state index contributed by atoms with van der Waals surface area (Å²) in [5.41, 5.74) is 1.15. The molecule has 2 aromatic rings. The Morgan fingerprint density at radius 2 is 2.00 bits per heavy atom. The number of rotatable bonds is 5. The van der Waals surface area contributed by atoms with Gasteiger partial charge in [-0.3, -0.25) is 10.1 Å². The standard InChI is InChI=1S/C15H17N3O4S/c1-21-12-5-11(6-13(7-12)22-2)10-3-4-17(9-10)15-16-8-14(23-15)18(19)20/h5-8,10H,3-4,9H2,1-2H3/t10-/m1/s1. The third-order valence-electron chi connectivity index (χ3n) is 3.97. The third-order valence-corrected chi connectivity index (χ3v) is 4.97. The molecule has 0 unspecified atom stereocenters. The van der Waals surface area contributed by atoms with E-state index >= 15 is 0 Å².